The lowest BCUT2D eigenvalue weighted by Gasteiger charge is -2.19. The van der Waals surface area contributed by atoms with Crippen LogP contribution in [0.4, 0.5) is 0 Å². The first-order valence-corrected chi connectivity index (χ1v) is 6.71. The normalized spacial score (nSPS) is 10.2. The van der Waals surface area contributed by atoms with Crippen LogP contribution in [0.3, 0.4) is 0 Å². The number of nitrogens with zero attached hydrogens (tertiary/aromatic N) is 1. The van der Waals surface area contributed by atoms with Crippen molar-refractivity contribution in [3.63, 3.8) is 0 Å². The van der Waals surface area contributed by atoms with Gasteiger partial charge in [0.15, 0.2) is 6.61 Å². The number of aliphatic hydroxyl groups excluding tert-OH is 1. The molecule has 1 N–H and O–H groups in total. The van der Waals surface area contributed by atoms with Crippen molar-refractivity contribution in [2.24, 2.45) is 0 Å². The molecule has 0 aliphatic rings. The molecule has 18 heavy (non-hydrogen) atoms. The van der Waals surface area contributed by atoms with Crippen molar-refractivity contribution in [1.82, 2.24) is 4.90 Å². The molecule has 0 aromatic heterocycles. The van der Waals surface area contributed by atoms with Gasteiger partial charge in [0.25, 0.3) is 5.91 Å². The molecular formula is C13H18BrNO3. The fraction of sp³-hybridized carbons (Fsp3) is 0.462. The van der Waals surface area contributed by atoms with Gasteiger partial charge in [-0.3, -0.25) is 4.79 Å². The van der Waals surface area contributed by atoms with E-state index in [2.05, 4.69) is 15.9 Å². The molecule has 1 amide bonds. The maximum Gasteiger partial charge on any atom is 0.260 e. The van der Waals surface area contributed by atoms with Crippen LogP contribution in [-0.4, -0.2) is 35.6 Å². The molecule has 0 fully saturated rings. The Morgan fingerprint density at radius 2 is 2.06 bits per heavy atom. The van der Waals surface area contributed by atoms with Gasteiger partial charge < -0.3 is 14.7 Å². The molecule has 1 aromatic carbocycles. The van der Waals surface area contributed by atoms with Gasteiger partial charge in [-0.05, 0) is 47.5 Å². The van der Waals surface area contributed by atoms with Crippen molar-refractivity contribution in [2.75, 3.05) is 19.7 Å². The minimum Gasteiger partial charge on any atom is -0.483 e. The summed E-state index contributed by atoms with van der Waals surface area (Å²) in [5, 5.41) is 8.99. The van der Waals surface area contributed by atoms with E-state index >= 15 is 0 Å². The van der Waals surface area contributed by atoms with Gasteiger partial charge in [0.1, 0.15) is 5.75 Å². The fourth-order valence-electron chi connectivity index (χ4n) is 1.57. The molecule has 0 saturated carbocycles. The number of ether oxygens (including phenoxy) is 1. The summed E-state index contributed by atoms with van der Waals surface area (Å²) < 4.78 is 6.20. The number of hydrogen-bond donors (Lipinski definition) is 1. The van der Waals surface area contributed by atoms with Crippen LogP contribution in [0.1, 0.15) is 19.4 Å². The Bertz CT molecular complexity index is 405. The summed E-state index contributed by atoms with van der Waals surface area (Å²) in [6.45, 7) is 5.25. The zero-order valence-electron chi connectivity index (χ0n) is 10.6. The SMILES string of the molecule is CCN(CC)C(=O)COc1ccc(CO)cc1Br. The maximum absolute atomic E-state index is 11.8. The number of likely N-dealkylation sites (N-methyl/N-ethyl adjacent to an activating group) is 1. The third-order valence-electron chi connectivity index (χ3n) is 2.65. The smallest absolute Gasteiger partial charge is 0.260 e. The van der Waals surface area contributed by atoms with Crippen LogP contribution in [0.15, 0.2) is 22.7 Å². The van der Waals surface area contributed by atoms with E-state index in [4.69, 9.17) is 9.84 Å². The number of aliphatic hydroxyl groups is 1. The Labute approximate surface area is 116 Å². The molecular weight excluding hydrogens is 298 g/mol. The minimum atomic E-state index is -0.0295. The molecule has 0 spiro atoms. The number of rotatable bonds is 6. The highest BCUT2D eigenvalue weighted by Gasteiger charge is 2.11. The van der Waals surface area contributed by atoms with Gasteiger partial charge in [-0.1, -0.05) is 6.07 Å². The van der Waals surface area contributed by atoms with Crippen LogP contribution in [0.5, 0.6) is 5.75 Å². The van der Waals surface area contributed by atoms with E-state index in [1.165, 1.54) is 0 Å². The van der Waals surface area contributed by atoms with Crippen molar-refractivity contribution < 1.29 is 14.6 Å². The highest BCUT2D eigenvalue weighted by Crippen LogP contribution is 2.26. The van der Waals surface area contributed by atoms with Crippen LogP contribution in [0.25, 0.3) is 0 Å². The molecule has 0 aliphatic heterocycles. The average molecular weight is 316 g/mol. The van der Waals surface area contributed by atoms with Crippen molar-refractivity contribution in [3.8, 4) is 5.75 Å². The largest absolute Gasteiger partial charge is 0.483 e. The van der Waals surface area contributed by atoms with Crippen LogP contribution >= 0.6 is 15.9 Å². The first kappa shape index (κ1) is 15.0. The Kier molecular flexibility index (Phi) is 6.15. The summed E-state index contributed by atoms with van der Waals surface area (Å²) in [5.41, 5.74) is 0.796. The molecule has 0 aliphatic carbocycles. The molecule has 1 aromatic rings. The molecule has 0 radical (unpaired) electrons. The molecule has 5 heteroatoms. The molecule has 0 bridgehead atoms. The number of halogens is 1. The zero-order valence-corrected chi connectivity index (χ0v) is 12.2. The van der Waals surface area contributed by atoms with Crippen molar-refractivity contribution in [2.45, 2.75) is 20.5 Å². The summed E-state index contributed by atoms with van der Waals surface area (Å²) in [4.78, 5) is 13.5. The summed E-state index contributed by atoms with van der Waals surface area (Å²) in [6, 6.07) is 5.28. The summed E-state index contributed by atoms with van der Waals surface area (Å²) >= 11 is 3.35. The van der Waals surface area contributed by atoms with E-state index in [-0.39, 0.29) is 19.1 Å². The summed E-state index contributed by atoms with van der Waals surface area (Å²) in [6.07, 6.45) is 0. The van der Waals surface area contributed by atoms with E-state index in [9.17, 15) is 4.79 Å². The lowest BCUT2D eigenvalue weighted by atomic mass is 10.2. The molecule has 0 heterocycles. The fourth-order valence-corrected chi connectivity index (χ4v) is 2.11. The van der Waals surface area contributed by atoms with Crippen molar-refractivity contribution in [3.05, 3.63) is 28.2 Å². The predicted molar refractivity (Wildman–Crippen MR) is 73.5 cm³/mol. The number of amides is 1. The van der Waals surface area contributed by atoms with Gasteiger partial charge in [-0.15, -0.1) is 0 Å². The van der Waals surface area contributed by atoms with Crippen LogP contribution in [-0.2, 0) is 11.4 Å². The van der Waals surface area contributed by atoms with Crippen molar-refractivity contribution in [1.29, 1.82) is 0 Å². The number of benzene rings is 1. The monoisotopic (exact) mass is 315 g/mol. The van der Waals surface area contributed by atoms with Gasteiger partial charge in [-0.25, -0.2) is 0 Å². The van der Waals surface area contributed by atoms with E-state index in [1.54, 1.807) is 23.1 Å². The van der Waals surface area contributed by atoms with Crippen LogP contribution in [0, 0.1) is 0 Å². The second-order valence-corrected chi connectivity index (χ2v) is 4.63. The zero-order chi connectivity index (χ0) is 13.5. The Morgan fingerprint density at radius 1 is 1.39 bits per heavy atom. The van der Waals surface area contributed by atoms with E-state index in [0.717, 1.165) is 10.0 Å². The topological polar surface area (TPSA) is 49.8 Å². The third kappa shape index (κ3) is 3.99. The third-order valence-corrected chi connectivity index (χ3v) is 3.27. The highest BCUT2D eigenvalue weighted by atomic mass is 79.9. The second-order valence-electron chi connectivity index (χ2n) is 3.78. The van der Waals surface area contributed by atoms with Gasteiger partial charge in [0.05, 0.1) is 11.1 Å². The first-order chi connectivity index (χ1) is 8.62. The maximum atomic E-state index is 11.8. The molecule has 100 valence electrons. The Morgan fingerprint density at radius 3 is 2.56 bits per heavy atom. The number of carbonyl (C=O) groups excluding carboxylic acids is 1. The quantitative estimate of drug-likeness (QED) is 0.875. The standard InChI is InChI=1S/C13H18BrNO3/c1-3-15(4-2)13(17)9-18-12-6-5-10(8-16)7-11(12)14/h5-7,16H,3-4,8-9H2,1-2H3. The van der Waals surface area contributed by atoms with Crippen LogP contribution in [0.2, 0.25) is 0 Å². The molecule has 1 rings (SSSR count). The summed E-state index contributed by atoms with van der Waals surface area (Å²) in [5.74, 6) is 0.575. The minimum absolute atomic E-state index is 0.0166. The van der Waals surface area contributed by atoms with E-state index in [1.807, 2.05) is 13.8 Å². The van der Waals surface area contributed by atoms with E-state index in [0.29, 0.717) is 18.8 Å². The lowest BCUT2D eigenvalue weighted by molar-refractivity contribution is -0.132. The predicted octanol–water partition coefficient (Wildman–Crippen LogP) is 2.19. The molecule has 0 atom stereocenters. The highest BCUT2D eigenvalue weighted by molar-refractivity contribution is 9.10. The van der Waals surface area contributed by atoms with Gasteiger partial charge in [0.2, 0.25) is 0 Å². The molecule has 0 unspecified atom stereocenters. The Balaban J connectivity index is 2.61. The van der Waals surface area contributed by atoms with Crippen molar-refractivity contribution >= 4 is 21.8 Å². The molecule has 0 saturated heterocycles. The van der Waals surface area contributed by atoms with Gasteiger partial charge in [-0.2, -0.15) is 0 Å². The van der Waals surface area contributed by atoms with Gasteiger partial charge >= 0.3 is 0 Å². The first-order valence-electron chi connectivity index (χ1n) is 5.92. The molecule has 4 nitrogen and oxygen atoms in total. The Hall–Kier alpha value is -1.07. The number of carbonyl (C=O) groups is 1. The second kappa shape index (κ2) is 7.38. The van der Waals surface area contributed by atoms with E-state index < -0.39 is 0 Å². The number of hydrogen-bond acceptors (Lipinski definition) is 3. The average Bonchev–Trinajstić information content (AvgIpc) is 2.38. The van der Waals surface area contributed by atoms with Gasteiger partial charge in [0, 0.05) is 13.1 Å². The lowest BCUT2D eigenvalue weighted by Crippen LogP contribution is -2.34. The summed E-state index contributed by atoms with van der Waals surface area (Å²) in [7, 11) is 0. The van der Waals surface area contributed by atoms with Crippen LogP contribution < -0.4 is 4.74 Å².